The maximum atomic E-state index is 12.7. The maximum absolute atomic E-state index is 12.7. The number of carboxylic acid groups (broad SMARTS) is 1. The summed E-state index contributed by atoms with van der Waals surface area (Å²) in [6.45, 7) is 6.22. The van der Waals surface area contributed by atoms with Crippen LogP contribution in [0.5, 0.6) is 0 Å². The van der Waals surface area contributed by atoms with Crippen LogP contribution in [0.4, 0.5) is 0 Å². The molecule has 4 heteroatoms. The first-order valence-electron chi connectivity index (χ1n) is 9.56. The lowest BCUT2D eigenvalue weighted by Crippen LogP contribution is -2.60. The lowest BCUT2D eigenvalue weighted by molar-refractivity contribution is -0.192. The summed E-state index contributed by atoms with van der Waals surface area (Å²) in [4.78, 5) is 24.8. The number of ketones is 1. The van der Waals surface area contributed by atoms with Crippen LogP contribution in [0.1, 0.15) is 72.1 Å². The lowest BCUT2D eigenvalue weighted by atomic mass is 9.40. The fraction of sp³-hybridized carbons (Fsp3) is 0.900. The van der Waals surface area contributed by atoms with Gasteiger partial charge >= 0.3 is 5.97 Å². The number of aliphatic carboxylic acids is 1. The second-order valence-corrected chi connectivity index (χ2v) is 10.0. The average molecular weight is 334 g/mol. The Balaban J connectivity index is 1.79. The molecule has 4 aliphatic carbocycles. The highest BCUT2D eigenvalue weighted by molar-refractivity contribution is 5.92. The zero-order chi connectivity index (χ0) is 17.5. The van der Waals surface area contributed by atoms with Crippen molar-refractivity contribution in [2.24, 2.45) is 33.5 Å². The number of hydrogen-bond acceptors (Lipinski definition) is 3. The molecule has 4 fully saturated rings. The quantitative estimate of drug-likeness (QED) is 0.770. The number of aliphatic hydroxyl groups excluding tert-OH is 1. The molecule has 7 atom stereocenters. The molecule has 0 unspecified atom stereocenters. The molecule has 0 aliphatic heterocycles. The molecule has 4 nitrogen and oxygen atoms in total. The number of aliphatic hydroxyl groups is 1. The first kappa shape index (κ1) is 16.6. The largest absolute Gasteiger partial charge is 0.481 e. The summed E-state index contributed by atoms with van der Waals surface area (Å²) >= 11 is 0. The predicted molar refractivity (Wildman–Crippen MR) is 89.3 cm³/mol. The molecule has 1 spiro atoms. The third kappa shape index (κ3) is 1.69. The second kappa shape index (κ2) is 4.63. The minimum absolute atomic E-state index is 0.0452. The van der Waals surface area contributed by atoms with Gasteiger partial charge in [0.1, 0.15) is 6.10 Å². The molecule has 2 N–H and O–H groups in total. The maximum Gasteiger partial charge on any atom is 0.309 e. The Morgan fingerprint density at radius 3 is 2.38 bits per heavy atom. The van der Waals surface area contributed by atoms with Gasteiger partial charge in [-0.1, -0.05) is 20.3 Å². The van der Waals surface area contributed by atoms with Crippen LogP contribution in [0, 0.1) is 33.5 Å². The molecule has 2 bridgehead atoms. The Labute approximate surface area is 144 Å². The third-order valence-corrected chi connectivity index (χ3v) is 8.95. The molecule has 0 radical (unpaired) electrons. The fourth-order valence-corrected chi connectivity index (χ4v) is 7.81. The van der Waals surface area contributed by atoms with Gasteiger partial charge in [-0.2, -0.15) is 0 Å². The van der Waals surface area contributed by atoms with Crippen LogP contribution in [0.3, 0.4) is 0 Å². The van der Waals surface area contributed by atoms with Gasteiger partial charge in [-0.15, -0.1) is 0 Å². The number of carbonyl (C=O) groups excluding carboxylic acids is 1. The van der Waals surface area contributed by atoms with Gasteiger partial charge < -0.3 is 10.2 Å². The number of carboxylic acids is 1. The Morgan fingerprint density at radius 1 is 1.04 bits per heavy atom. The Bertz CT molecular complexity index is 615. The first-order chi connectivity index (χ1) is 11.1. The van der Waals surface area contributed by atoms with E-state index < -0.39 is 17.5 Å². The summed E-state index contributed by atoms with van der Waals surface area (Å²) in [5.74, 6) is -0.196. The van der Waals surface area contributed by atoms with Crippen molar-refractivity contribution in [3.05, 3.63) is 0 Å². The highest BCUT2D eigenvalue weighted by atomic mass is 16.4. The van der Waals surface area contributed by atoms with Crippen molar-refractivity contribution in [2.45, 2.75) is 78.2 Å². The van der Waals surface area contributed by atoms with E-state index in [0.717, 1.165) is 51.4 Å². The van der Waals surface area contributed by atoms with E-state index in [1.807, 2.05) is 13.8 Å². The molecule has 0 saturated heterocycles. The van der Waals surface area contributed by atoms with E-state index in [0.29, 0.717) is 0 Å². The van der Waals surface area contributed by atoms with Crippen LogP contribution in [0.2, 0.25) is 0 Å². The second-order valence-electron chi connectivity index (χ2n) is 10.0. The smallest absolute Gasteiger partial charge is 0.309 e. The van der Waals surface area contributed by atoms with Crippen molar-refractivity contribution in [2.75, 3.05) is 0 Å². The van der Waals surface area contributed by atoms with E-state index in [1.165, 1.54) is 0 Å². The Morgan fingerprint density at radius 2 is 1.71 bits per heavy atom. The molecule has 0 aromatic rings. The highest BCUT2D eigenvalue weighted by Gasteiger charge is 2.71. The van der Waals surface area contributed by atoms with Gasteiger partial charge in [0.25, 0.3) is 0 Å². The minimum Gasteiger partial charge on any atom is -0.481 e. The van der Waals surface area contributed by atoms with Gasteiger partial charge in [0, 0.05) is 10.8 Å². The fourth-order valence-electron chi connectivity index (χ4n) is 7.81. The summed E-state index contributed by atoms with van der Waals surface area (Å²) in [5.41, 5.74) is -1.39. The SMILES string of the molecule is C[C@]12CC[C@H]3[C@]4(C)CCC[C@@](C)(C(=O)O)[C@H]4CC[C@@]3(C1)[C@H](O)C2=O. The molecule has 4 rings (SSSR count). The number of Topliss-reactive ketones (excluding diaryl/α,β-unsaturated/α-hetero) is 1. The molecule has 0 aromatic carbocycles. The van der Waals surface area contributed by atoms with Crippen molar-refractivity contribution in [3.63, 3.8) is 0 Å². The Hall–Kier alpha value is -0.900. The highest BCUT2D eigenvalue weighted by Crippen LogP contribution is 2.72. The van der Waals surface area contributed by atoms with Gasteiger partial charge in [-0.25, -0.2) is 0 Å². The van der Waals surface area contributed by atoms with Crippen LogP contribution in [-0.2, 0) is 9.59 Å². The van der Waals surface area contributed by atoms with Crippen molar-refractivity contribution in [1.82, 2.24) is 0 Å². The van der Waals surface area contributed by atoms with Crippen LogP contribution >= 0.6 is 0 Å². The normalized spacial score (nSPS) is 56.5. The lowest BCUT2D eigenvalue weighted by Gasteiger charge is -2.64. The van der Waals surface area contributed by atoms with Crippen LogP contribution in [-0.4, -0.2) is 28.1 Å². The average Bonchev–Trinajstić information content (AvgIpc) is 2.64. The van der Waals surface area contributed by atoms with Crippen molar-refractivity contribution in [3.8, 4) is 0 Å². The zero-order valence-corrected chi connectivity index (χ0v) is 15.1. The zero-order valence-electron chi connectivity index (χ0n) is 15.1. The van der Waals surface area contributed by atoms with Gasteiger partial charge in [-0.3, -0.25) is 9.59 Å². The minimum atomic E-state index is -0.842. The van der Waals surface area contributed by atoms with Gasteiger partial charge in [0.2, 0.25) is 0 Å². The summed E-state index contributed by atoms with van der Waals surface area (Å²) in [5, 5.41) is 20.8. The summed E-state index contributed by atoms with van der Waals surface area (Å²) in [6, 6.07) is 0. The van der Waals surface area contributed by atoms with Crippen molar-refractivity contribution < 1.29 is 19.8 Å². The summed E-state index contributed by atoms with van der Waals surface area (Å²) in [7, 11) is 0. The molecule has 0 aromatic heterocycles. The molecule has 4 aliphatic rings. The monoisotopic (exact) mass is 334 g/mol. The molecule has 4 saturated carbocycles. The third-order valence-electron chi connectivity index (χ3n) is 8.95. The molecule has 0 amide bonds. The van der Waals surface area contributed by atoms with Gasteiger partial charge in [-0.05, 0) is 69.1 Å². The first-order valence-corrected chi connectivity index (χ1v) is 9.56. The van der Waals surface area contributed by atoms with Crippen molar-refractivity contribution in [1.29, 1.82) is 0 Å². The molecular formula is C20H30O4. The van der Waals surface area contributed by atoms with E-state index in [4.69, 9.17) is 0 Å². The molecular weight excluding hydrogens is 304 g/mol. The standard InChI is InChI=1S/C20H30O4/c1-17-9-5-13-18(2)7-4-8-19(3,16(23)24)12(18)6-10-20(13,11-17)15(22)14(17)21/h12-13,15,22H,4-11H2,1-3H3,(H,23,24)/t12-,13-,15+,17-,18+,19+,20-/m0/s1. The predicted octanol–water partition coefficient (Wildman–Crippen LogP) is 3.41. The van der Waals surface area contributed by atoms with Crippen molar-refractivity contribution >= 4 is 11.8 Å². The van der Waals surface area contributed by atoms with Gasteiger partial charge in [0.05, 0.1) is 5.41 Å². The van der Waals surface area contributed by atoms with Crippen LogP contribution < -0.4 is 0 Å². The van der Waals surface area contributed by atoms with E-state index >= 15 is 0 Å². The van der Waals surface area contributed by atoms with E-state index in [1.54, 1.807) is 0 Å². The molecule has 24 heavy (non-hydrogen) atoms. The number of rotatable bonds is 1. The van der Waals surface area contributed by atoms with E-state index in [-0.39, 0.29) is 33.9 Å². The van der Waals surface area contributed by atoms with E-state index in [9.17, 15) is 19.8 Å². The molecule has 0 heterocycles. The number of carbonyl (C=O) groups is 2. The van der Waals surface area contributed by atoms with Gasteiger partial charge in [0.15, 0.2) is 5.78 Å². The molecule has 134 valence electrons. The van der Waals surface area contributed by atoms with E-state index in [2.05, 4.69) is 6.92 Å². The van der Waals surface area contributed by atoms with Crippen LogP contribution in [0.15, 0.2) is 0 Å². The number of hydrogen-bond donors (Lipinski definition) is 2. The topological polar surface area (TPSA) is 74.6 Å². The summed E-state index contributed by atoms with van der Waals surface area (Å²) in [6.07, 6.45) is 6.13. The Kier molecular flexibility index (Phi) is 3.19. The summed E-state index contributed by atoms with van der Waals surface area (Å²) < 4.78 is 0. The van der Waals surface area contributed by atoms with Crippen LogP contribution in [0.25, 0.3) is 0 Å². The number of fused-ring (bicyclic) bond motifs is 3.